The fourth-order valence-corrected chi connectivity index (χ4v) is 3.32. The molecule has 8 heteroatoms. The molecule has 1 aliphatic heterocycles. The number of aromatic nitrogens is 2. The number of nitrogens with zero attached hydrogens (tertiary/aromatic N) is 3. The van der Waals surface area contributed by atoms with Gasteiger partial charge in [-0.05, 0) is 48.9 Å². The highest BCUT2D eigenvalue weighted by Crippen LogP contribution is 2.24. The molecule has 29 heavy (non-hydrogen) atoms. The second-order valence-corrected chi connectivity index (χ2v) is 7.20. The van der Waals surface area contributed by atoms with Crippen molar-refractivity contribution in [3.8, 4) is 11.4 Å². The number of nitrogens with one attached hydrogen (secondary N) is 1. The first-order chi connectivity index (χ1) is 14.1. The second kappa shape index (κ2) is 8.45. The number of halogens is 1. The summed E-state index contributed by atoms with van der Waals surface area (Å²) in [6.45, 7) is 0.712. The van der Waals surface area contributed by atoms with Crippen LogP contribution in [0.25, 0.3) is 11.4 Å². The molecule has 1 N–H and O–H groups in total. The van der Waals surface area contributed by atoms with Crippen LogP contribution in [0.5, 0.6) is 0 Å². The molecular formula is C21H19ClN4O3. The van der Waals surface area contributed by atoms with Gasteiger partial charge >= 0.3 is 0 Å². The Balaban J connectivity index is 1.34. The minimum atomic E-state index is -0.166. The van der Waals surface area contributed by atoms with E-state index in [0.717, 1.165) is 17.7 Å². The minimum Gasteiger partial charge on any atom is -0.339 e. The number of carbonyl (C=O) groups is 2. The van der Waals surface area contributed by atoms with Gasteiger partial charge in [-0.25, -0.2) is 0 Å². The zero-order chi connectivity index (χ0) is 20.2. The summed E-state index contributed by atoms with van der Waals surface area (Å²) in [6.07, 6.45) is 1.96. The Labute approximate surface area is 172 Å². The third-order valence-corrected chi connectivity index (χ3v) is 4.90. The van der Waals surface area contributed by atoms with Gasteiger partial charge in [0.25, 0.3) is 0 Å². The van der Waals surface area contributed by atoms with Crippen molar-refractivity contribution in [3.05, 3.63) is 59.4 Å². The Hall–Kier alpha value is -3.19. The van der Waals surface area contributed by atoms with Gasteiger partial charge in [0, 0.05) is 47.8 Å². The van der Waals surface area contributed by atoms with Crippen molar-refractivity contribution < 1.29 is 14.1 Å². The highest BCUT2D eigenvalue weighted by Gasteiger charge is 2.21. The lowest BCUT2D eigenvalue weighted by Gasteiger charge is -2.16. The Morgan fingerprint density at radius 2 is 2.03 bits per heavy atom. The fourth-order valence-electron chi connectivity index (χ4n) is 3.19. The van der Waals surface area contributed by atoms with Gasteiger partial charge in [0.1, 0.15) is 0 Å². The van der Waals surface area contributed by atoms with Gasteiger partial charge in [-0.15, -0.1) is 0 Å². The molecule has 148 valence electrons. The molecule has 1 saturated heterocycles. The molecular weight excluding hydrogens is 392 g/mol. The number of rotatable bonds is 6. The summed E-state index contributed by atoms with van der Waals surface area (Å²) >= 11 is 5.88. The molecule has 2 heterocycles. The number of amides is 2. The van der Waals surface area contributed by atoms with Crippen molar-refractivity contribution >= 4 is 34.8 Å². The van der Waals surface area contributed by atoms with Crippen LogP contribution in [0.15, 0.2) is 53.1 Å². The molecule has 0 unspecified atom stereocenters. The van der Waals surface area contributed by atoms with Crippen LogP contribution < -0.4 is 10.2 Å². The van der Waals surface area contributed by atoms with Gasteiger partial charge in [0.15, 0.2) is 0 Å². The van der Waals surface area contributed by atoms with E-state index in [1.165, 1.54) is 0 Å². The summed E-state index contributed by atoms with van der Waals surface area (Å²) in [5, 5.41) is 7.43. The first-order valence-electron chi connectivity index (χ1n) is 9.37. The van der Waals surface area contributed by atoms with Crippen LogP contribution in [0, 0.1) is 0 Å². The predicted molar refractivity (Wildman–Crippen MR) is 110 cm³/mol. The fraction of sp³-hybridized carbons (Fsp3) is 0.238. The molecule has 0 atom stereocenters. The summed E-state index contributed by atoms with van der Waals surface area (Å²) < 4.78 is 5.23. The van der Waals surface area contributed by atoms with Crippen molar-refractivity contribution in [2.45, 2.75) is 25.7 Å². The van der Waals surface area contributed by atoms with Crippen LogP contribution in [0.4, 0.5) is 11.4 Å². The van der Waals surface area contributed by atoms with E-state index in [2.05, 4.69) is 15.5 Å². The minimum absolute atomic E-state index is 0.112. The molecule has 0 spiro atoms. The van der Waals surface area contributed by atoms with E-state index in [9.17, 15) is 9.59 Å². The zero-order valence-electron chi connectivity index (χ0n) is 15.6. The maximum absolute atomic E-state index is 12.3. The first kappa shape index (κ1) is 19.1. The molecule has 1 aliphatic rings. The largest absolute Gasteiger partial charge is 0.339 e. The maximum atomic E-state index is 12.3. The second-order valence-electron chi connectivity index (χ2n) is 6.77. The van der Waals surface area contributed by atoms with Crippen molar-refractivity contribution in [3.63, 3.8) is 0 Å². The highest BCUT2D eigenvalue weighted by atomic mass is 35.5. The molecule has 4 rings (SSSR count). The monoisotopic (exact) mass is 410 g/mol. The third-order valence-electron chi connectivity index (χ3n) is 4.65. The number of benzene rings is 2. The molecule has 2 amide bonds. The molecule has 0 bridgehead atoms. The van der Waals surface area contributed by atoms with Crippen LogP contribution in [-0.2, 0) is 16.0 Å². The summed E-state index contributed by atoms with van der Waals surface area (Å²) in [5.41, 5.74) is 2.25. The van der Waals surface area contributed by atoms with Gasteiger partial charge in [0.05, 0.1) is 0 Å². The van der Waals surface area contributed by atoms with Crippen molar-refractivity contribution in [1.82, 2.24) is 10.1 Å². The predicted octanol–water partition coefficient (Wildman–Crippen LogP) is 4.09. The molecule has 0 radical (unpaired) electrons. The first-order valence-corrected chi connectivity index (χ1v) is 9.75. The van der Waals surface area contributed by atoms with Gasteiger partial charge in [-0.1, -0.05) is 22.8 Å². The van der Waals surface area contributed by atoms with Gasteiger partial charge in [0.2, 0.25) is 23.5 Å². The topological polar surface area (TPSA) is 88.3 Å². The highest BCUT2D eigenvalue weighted by molar-refractivity contribution is 6.30. The lowest BCUT2D eigenvalue weighted by molar-refractivity contribution is -0.117. The lowest BCUT2D eigenvalue weighted by Crippen LogP contribution is -2.23. The summed E-state index contributed by atoms with van der Waals surface area (Å²) in [4.78, 5) is 30.3. The molecule has 7 nitrogen and oxygen atoms in total. The Bertz CT molecular complexity index is 1030. The molecule has 0 aliphatic carbocycles. The Kier molecular flexibility index (Phi) is 5.57. The van der Waals surface area contributed by atoms with Crippen LogP contribution >= 0.6 is 11.6 Å². The average molecular weight is 411 g/mol. The van der Waals surface area contributed by atoms with Crippen molar-refractivity contribution in [2.75, 3.05) is 16.8 Å². The van der Waals surface area contributed by atoms with E-state index < -0.39 is 0 Å². The number of carbonyl (C=O) groups excluding carboxylic acids is 2. The van der Waals surface area contributed by atoms with E-state index in [1.54, 1.807) is 23.1 Å². The van der Waals surface area contributed by atoms with Crippen LogP contribution in [-0.4, -0.2) is 28.5 Å². The SMILES string of the molecule is O=C(CCc1nc(-c2ccc(Cl)cc2)no1)Nc1cccc(N2CCCC2=O)c1. The standard InChI is InChI=1S/C21H19ClN4O3/c22-15-8-6-14(7-9-15)21-24-19(29-25-21)11-10-18(27)23-16-3-1-4-17(13-16)26-12-2-5-20(26)28/h1,3-4,6-9,13H,2,5,10-12H2,(H,23,27). The maximum Gasteiger partial charge on any atom is 0.227 e. The van der Waals surface area contributed by atoms with E-state index in [-0.39, 0.29) is 18.2 Å². The van der Waals surface area contributed by atoms with Gasteiger partial charge in [-0.2, -0.15) is 4.98 Å². The molecule has 2 aromatic carbocycles. The number of aryl methyl sites for hydroxylation is 1. The van der Waals surface area contributed by atoms with Crippen LogP contribution in [0.1, 0.15) is 25.2 Å². The molecule has 0 saturated carbocycles. The van der Waals surface area contributed by atoms with Crippen molar-refractivity contribution in [1.29, 1.82) is 0 Å². The van der Waals surface area contributed by atoms with Crippen molar-refractivity contribution in [2.24, 2.45) is 0 Å². The van der Waals surface area contributed by atoms with Gasteiger partial charge < -0.3 is 14.7 Å². The average Bonchev–Trinajstić information content (AvgIpc) is 3.36. The Morgan fingerprint density at radius 3 is 2.79 bits per heavy atom. The Morgan fingerprint density at radius 1 is 1.21 bits per heavy atom. The lowest BCUT2D eigenvalue weighted by atomic mass is 10.2. The molecule has 1 fully saturated rings. The summed E-state index contributed by atoms with van der Waals surface area (Å²) in [5.74, 6) is 0.795. The molecule has 3 aromatic rings. The molecule has 1 aromatic heterocycles. The number of hydrogen-bond donors (Lipinski definition) is 1. The third kappa shape index (κ3) is 4.63. The van der Waals surface area contributed by atoms with E-state index in [1.807, 2.05) is 30.3 Å². The summed E-state index contributed by atoms with van der Waals surface area (Å²) in [6, 6.07) is 14.4. The van der Waals surface area contributed by atoms with Gasteiger partial charge in [-0.3, -0.25) is 9.59 Å². The number of hydrogen-bond acceptors (Lipinski definition) is 5. The zero-order valence-corrected chi connectivity index (χ0v) is 16.4. The smallest absolute Gasteiger partial charge is 0.227 e. The van der Waals surface area contributed by atoms with E-state index >= 15 is 0 Å². The quantitative estimate of drug-likeness (QED) is 0.661. The number of anilines is 2. The van der Waals surface area contributed by atoms with Crippen LogP contribution in [0.3, 0.4) is 0 Å². The summed E-state index contributed by atoms with van der Waals surface area (Å²) in [7, 11) is 0. The van der Waals surface area contributed by atoms with E-state index in [4.69, 9.17) is 16.1 Å². The normalized spacial score (nSPS) is 13.7. The van der Waals surface area contributed by atoms with Crippen LogP contribution in [0.2, 0.25) is 5.02 Å². The van der Waals surface area contributed by atoms with E-state index in [0.29, 0.717) is 41.8 Å².